The minimum atomic E-state index is 0.00241. The van der Waals surface area contributed by atoms with Crippen LogP contribution in [0, 0.1) is 5.92 Å². The van der Waals surface area contributed by atoms with E-state index in [0.717, 1.165) is 30.4 Å². The maximum Gasteiger partial charge on any atom is 0.267 e. The summed E-state index contributed by atoms with van der Waals surface area (Å²) >= 11 is 0. The van der Waals surface area contributed by atoms with Crippen molar-refractivity contribution in [2.75, 3.05) is 20.1 Å². The zero-order valence-electron chi connectivity index (χ0n) is 12.0. The number of fused-ring (bicyclic) bond motifs is 1. The second kappa shape index (κ2) is 5.29. The molecule has 2 unspecified atom stereocenters. The Morgan fingerprint density at radius 2 is 2.20 bits per heavy atom. The third-order valence-corrected chi connectivity index (χ3v) is 4.20. The van der Waals surface area contributed by atoms with Crippen molar-refractivity contribution >= 4 is 16.8 Å². The van der Waals surface area contributed by atoms with Crippen molar-refractivity contribution in [2.24, 2.45) is 5.92 Å². The number of para-hydroxylation sites is 1. The molecule has 20 heavy (non-hydrogen) atoms. The lowest BCUT2D eigenvalue weighted by molar-refractivity contribution is 0.0879. The van der Waals surface area contributed by atoms with Crippen LogP contribution in [0.25, 0.3) is 10.9 Å². The third kappa shape index (κ3) is 2.56. The molecule has 1 aromatic heterocycles. The fourth-order valence-electron chi connectivity index (χ4n) is 3.01. The number of aromatic nitrogens is 1. The van der Waals surface area contributed by atoms with Gasteiger partial charge in [0.1, 0.15) is 5.69 Å². The summed E-state index contributed by atoms with van der Waals surface area (Å²) < 4.78 is 0. The SMILES string of the molecule is CC1CN(C)CCC1NC(=O)c1cc2ccccc2[nH]1. The van der Waals surface area contributed by atoms with Crippen LogP contribution >= 0.6 is 0 Å². The molecule has 1 aliphatic heterocycles. The Balaban J connectivity index is 1.72. The average Bonchev–Trinajstić information content (AvgIpc) is 2.86. The molecule has 0 spiro atoms. The van der Waals surface area contributed by atoms with Gasteiger partial charge >= 0.3 is 0 Å². The molecule has 2 heterocycles. The predicted octanol–water partition coefficient (Wildman–Crippen LogP) is 2.24. The van der Waals surface area contributed by atoms with Crippen molar-refractivity contribution in [3.8, 4) is 0 Å². The zero-order valence-corrected chi connectivity index (χ0v) is 12.0. The molecule has 0 radical (unpaired) electrons. The van der Waals surface area contributed by atoms with E-state index in [9.17, 15) is 4.79 Å². The summed E-state index contributed by atoms with van der Waals surface area (Å²) in [5.74, 6) is 0.490. The lowest BCUT2D eigenvalue weighted by Gasteiger charge is -2.35. The van der Waals surface area contributed by atoms with Crippen LogP contribution < -0.4 is 5.32 Å². The van der Waals surface area contributed by atoms with Crippen molar-refractivity contribution in [1.29, 1.82) is 0 Å². The summed E-state index contributed by atoms with van der Waals surface area (Å²) in [4.78, 5) is 17.9. The molecule has 2 atom stereocenters. The first-order valence-corrected chi connectivity index (χ1v) is 7.20. The van der Waals surface area contributed by atoms with Gasteiger partial charge in [0.2, 0.25) is 0 Å². The van der Waals surface area contributed by atoms with Crippen molar-refractivity contribution in [2.45, 2.75) is 19.4 Å². The Bertz CT molecular complexity index is 586. The van der Waals surface area contributed by atoms with Crippen molar-refractivity contribution in [3.63, 3.8) is 0 Å². The number of carbonyl (C=O) groups is 1. The minimum absolute atomic E-state index is 0.00241. The molecule has 4 nitrogen and oxygen atoms in total. The topological polar surface area (TPSA) is 48.1 Å². The van der Waals surface area contributed by atoms with Gasteiger partial charge in [0, 0.05) is 23.5 Å². The number of rotatable bonds is 2. The van der Waals surface area contributed by atoms with Crippen LogP contribution in [0.1, 0.15) is 23.8 Å². The number of amides is 1. The number of H-pyrrole nitrogens is 1. The Morgan fingerprint density at radius 3 is 2.95 bits per heavy atom. The first-order chi connectivity index (χ1) is 9.63. The van der Waals surface area contributed by atoms with E-state index in [1.165, 1.54) is 0 Å². The van der Waals surface area contributed by atoms with E-state index in [1.807, 2.05) is 30.3 Å². The highest BCUT2D eigenvalue weighted by Crippen LogP contribution is 2.18. The highest BCUT2D eigenvalue weighted by atomic mass is 16.1. The Kier molecular flexibility index (Phi) is 3.49. The van der Waals surface area contributed by atoms with Gasteiger partial charge in [0.15, 0.2) is 0 Å². The Hall–Kier alpha value is -1.81. The van der Waals surface area contributed by atoms with Gasteiger partial charge in [-0.2, -0.15) is 0 Å². The van der Waals surface area contributed by atoms with Crippen LogP contribution in [0.3, 0.4) is 0 Å². The highest BCUT2D eigenvalue weighted by Gasteiger charge is 2.26. The number of nitrogens with zero attached hydrogens (tertiary/aromatic N) is 1. The fourth-order valence-corrected chi connectivity index (χ4v) is 3.01. The number of carbonyl (C=O) groups excluding carboxylic acids is 1. The molecular weight excluding hydrogens is 250 g/mol. The number of hydrogen-bond acceptors (Lipinski definition) is 2. The van der Waals surface area contributed by atoms with Crippen LogP contribution in [0.15, 0.2) is 30.3 Å². The van der Waals surface area contributed by atoms with Gasteiger partial charge in [-0.3, -0.25) is 4.79 Å². The molecule has 1 aliphatic rings. The quantitative estimate of drug-likeness (QED) is 0.880. The molecule has 2 N–H and O–H groups in total. The maximum absolute atomic E-state index is 12.4. The standard InChI is InChI=1S/C16H21N3O/c1-11-10-19(2)8-7-13(11)18-16(20)15-9-12-5-3-4-6-14(12)17-15/h3-6,9,11,13,17H,7-8,10H2,1-2H3,(H,18,20). The lowest BCUT2D eigenvalue weighted by Crippen LogP contribution is -2.48. The third-order valence-electron chi connectivity index (χ3n) is 4.20. The molecule has 1 saturated heterocycles. The molecule has 1 amide bonds. The van der Waals surface area contributed by atoms with Gasteiger partial charge < -0.3 is 15.2 Å². The minimum Gasteiger partial charge on any atom is -0.351 e. The molecular formula is C16H21N3O. The number of hydrogen-bond donors (Lipinski definition) is 2. The largest absolute Gasteiger partial charge is 0.351 e. The van der Waals surface area contributed by atoms with E-state index < -0.39 is 0 Å². The molecule has 106 valence electrons. The van der Waals surface area contributed by atoms with Gasteiger partial charge in [-0.15, -0.1) is 0 Å². The molecule has 2 aromatic rings. The summed E-state index contributed by atoms with van der Waals surface area (Å²) in [6.07, 6.45) is 1.02. The van der Waals surface area contributed by atoms with E-state index >= 15 is 0 Å². The molecule has 0 aliphatic carbocycles. The van der Waals surface area contributed by atoms with E-state index in [4.69, 9.17) is 0 Å². The maximum atomic E-state index is 12.4. The normalized spacial score (nSPS) is 23.9. The lowest BCUT2D eigenvalue weighted by atomic mass is 9.94. The molecule has 0 saturated carbocycles. The van der Waals surface area contributed by atoms with Gasteiger partial charge in [0.25, 0.3) is 5.91 Å². The number of benzene rings is 1. The summed E-state index contributed by atoms with van der Waals surface area (Å²) in [6, 6.07) is 10.1. The second-order valence-corrected chi connectivity index (χ2v) is 5.88. The summed E-state index contributed by atoms with van der Waals surface area (Å²) in [5, 5.41) is 4.25. The van der Waals surface area contributed by atoms with Gasteiger partial charge in [-0.25, -0.2) is 0 Å². The summed E-state index contributed by atoms with van der Waals surface area (Å²) in [6.45, 7) is 4.28. The second-order valence-electron chi connectivity index (χ2n) is 5.88. The van der Waals surface area contributed by atoms with Crippen LogP contribution in [-0.2, 0) is 0 Å². The molecule has 4 heteroatoms. The Labute approximate surface area is 119 Å². The number of nitrogens with one attached hydrogen (secondary N) is 2. The zero-order chi connectivity index (χ0) is 14.1. The van der Waals surface area contributed by atoms with E-state index in [-0.39, 0.29) is 11.9 Å². The first-order valence-electron chi connectivity index (χ1n) is 7.20. The highest BCUT2D eigenvalue weighted by molar-refractivity contribution is 5.98. The molecule has 1 aromatic carbocycles. The average molecular weight is 271 g/mol. The predicted molar refractivity (Wildman–Crippen MR) is 80.8 cm³/mol. The van der Waals surface area contributed by atoms with Crippen molar-refractivity contribution in [3.05, 3.63) is 36.0 Å². The van der Waals surface area contributed by atoms with E-state index in [0.29, 0.717) is 11.6 Å². The Morgan fingerprint density at radius 1 is 1.40 bits per heavy atom. The van der Waals surface area contributed by atoms with Gasteiger partial charge in [-0.05, 0) is 38.1 Å². The van der Waals surface area contributed by atoms with Crippen LogP contribution in [-0.4, -0.2) is 42.0 Å². The number of aromatic amines is 1. The number of piperidine rings is 1. The van der Waals surface area contributed by atoms with Gasteiger partial charge in [0.05, 0.1) is 0 Å². The van der Waals surface area contributed by atoms with Crippen LogP contribution in [0.2, 0.25) is 0 Å². The van der Waals surface area contributed by atoms with Crippen molar-refractivity contribution in [1.82, 2.24) is 15.2 Å². The smallest absolute Gasteiger partial charge is 0.267 e. The van der Waals surface area contributed by atoms with Crippen LogP contribution in [0.5, 0.6) is 0 Å². The molecule has 0 bridgehead atoms. The first kappa shape index (κ1) is 13.2. The molecule has 3 rings (SSSR count). The van der Waals surface area contributed by atoms with E-state index in [1.54, 1.807) is 0 Å². The molecule has 1 fully saturated rings. The summed E-state index contributed by atoms with van der Waals surface area (Å²) in [7, 11) is 2.13. The number of likely N-dealkylation sites (tertiary alicyclic amines) is 1. The van der Waals surface area contributed by atoms with Crippen molar-refractivity contribution < 1.29 is 4.79 Å². The van der Waals surface area contributed by atoms with Crippen LogP contribution in [0.4, 0.5) is 0 Å². The summed E-state index contributed by atoms with van der Waals surface area (Å²) in [5.41, 5.74) is 1.66. The van der Waals surface area contributed by atoms with Gasteiger partial charge in [-0.1, -0.05) is 25.1 Å². The van der Waals surface area contributed by atoms with E-state index in [2.05, 4.69) is 29.2 Å². The monoisotopic (exact) mass is 271 g/mol. The fraction of sp³-hybridized carbons (Fsp3) is 0.438.